The molecule has 0 aliphatic rings. The number of aryl methyl sites for hydroxylation is 1. The molecular formula is C13H17NO6S. The number of carboxylic acids is 2. The molecule has 0 amide bonds. The summed E-state index contributed by atoms with van der Waals surface area (Å²) in [6, 6.07) is 2.37. The van der Waals surface area contributed by atoms with Gasteiger partial charge in [-0.25, -0.2) is 13.2 Å². The number of sulfonamides is 1. The smallest absolute Gasteiger partial charge is 0.335 e. The molecule has 0 fully saturated rings. The number of aromatic carboxylic acids is 1. The maximum Gasteiger partial charge on any atom is 0.335 e. The molecule has 21 heavy (non-hydrogen) atoms. The Kier molecular flexibility index (Phi) is 5.08. The van der Waals surface area contributed by atoms with Gasteiger partial charge in [-0.05, 0) is 30.5 Å². The second-order valence-corrected chi connectivity index (χ2v) is 6.65. The molecule has 0 heterocycles. The fraction of sp³-hybridized carbons (Fsp3) is 0.385. The van der Waals surface area contributed by atoms with E-state index in [1.165, 1.54) is 19.1 Å². The van der Waals surface area contributed by atoms with Gasteiger partial charge in [-0.2, -0.15) is 4.72 Å². The summed E-state index contributed by atoms with van der Waals surface area (Å²) in [5, 5.41) is 18.0. The summed E-state index contributed by atoms with van der Waals surface area (Å²) in [4.78, 5) is 21.8. The van der Waals surface area contributed by atoms with E-state index in [1.54, 1.807) is 13.8 Å². The summed E-state index contributed by atoms with van der Waals surface area (Å²) in [5.41, 5.74) is 0.151. The van der Waals surface area contributed by atoms with Crippen LogP contribution in [0.2, 0.25) is 0 Å². The van der Waals surface area contributed by atoms with E-state index >= 15 is 0 Å². The molecule has 1 aromatic rings. The normalized spacial score (nSPS) is 13.1. The van der Waals surface area contributed by atoms with Gasteiger partial charge in [0.1, 0.15) is 6.04 Å². The van der Waals surface area contributed by atoms with Crippen LogP contribution in [0, 0.1) is 12.8 Å². The first-order chi connectivity index (χ1) is 9.56. The van der Waals surface area contributed by atoms with Gasteiger partial charge in [-0.1, -0.05) is 19.9 Å². The highest BCUT2D eigenvalue weighted by atomic mass is 32.2. The molecule has 3 N–H and O–H groups in total. The maximum atomic E-state index is 12.3. The van der Waals surface area contributed by atoms with Crippen LogP contribution in [0.1, 0.15) is 29.8 Å². The quantitative estimate of drug-likeness (QED) is 0.722. The molecule has 0 aliphatic carbocycles. The van der Waals surface area contributed by atoms with Gasteiger partial charge in [-0.3, -0.25) is 4.79 Å². The van der Waals surface area contributed by atoms with E-state index in [1.807, 2.05) is 0 Å². The van der Waals surface area contributed by atoms with Crippen LogP contribution in [-0.4, -0.2) is 36.6 Å². The minimum absolute atomic E-state index is 0.183. The van der Waals surface area contributed by atoms with Crippen LogP contribution < -0.4 is 4.72 Å². The summed E-state index contributed by atoms with van der Waals surface area (Å²) >= 11 is 0. The number of aliphatic carboxylic acids is 1. The lowest BCUT2D eigenvalue weighted by molar-refractivity contribution is -0.140. The SMILES string of the molecule is Cc1ccc(C(=O)O)cc1S(=O)(=O)N[C@@H](C(=O)O)C(C)C. The average Bonchev–Trinajstić information content (AvgIpc) is 2.35. The minimum Gasteiger partial charge on any atom is -0.480 e. The van der Waals surface area contributed by atoms with Crippen LogP contribution in [-0.2, 0) is 14.8 Å². The molecule has 1 rings (SSSR count). The largest absolute Gasteiger partial charge is 0.480 e. The van der Waals surface area contributed by atoms with Crippen LogP contribution in [0.4, 0.5) is 0 Å². The summed E-state index contributed by atoms with van der Waals surface area (Å²) < 4.78 is 26.7. The summed E-state index contributed by atoms with van der Waals surface area (Å²) in [5.74, 6) is -3.01. The average molecular weight is 315 g/mol. The Morgan fingerprint density at radius 1 is 1.19 bits per heavy atom. The number of benzene rings is 1. The van der Waals surface area contributed by atoms with Gasteiger partial charge in [-0.15, -0.1) is 0 Å². The molecule has 0 aliphatic heterocycles. The molecule has 1 atom stereocenters. The van der Waals surface area contributed by atoms with E-state index in [-0.39, 0.29) is 10.5 Å². The third-order valence-corrected chi connectivity index (χ3v) is 4.52. The van der Waals surface area contributed by atoms with Crippen LogP contribution in [0.3, 0.4) is 0 Å². The molecule has 0 unspecified atom stereocenters. The Labute approximate surface area is 122 Å². The van der Waals surface area contributed by atoms with Crippen molar-refractivity contribution in [3.63, 3.8) is 0 Å². The topological polar surface area (TPSA) is 121 Å². The Hall–Kier alpha value is -1.93. The molecule has 116 valence electrons. The van der Waals surface area contributed by atoms with Crippen LogP contribution in [0.25, 0.3) is 0 Å². The van der Waals surface area contributed by atoms with Crippen molar-refractivity contribution in [1.82, 2.24) is 4.72 Å². The van der Waals surface area contributed by atoms with E-state index in [4.69, 9.17) is 10.2 Å². The monoisotopic (exact) mass is 315 g/mol. The van der Waals surface area contributed by atoms with E-state index < -0.39 is 33.9 Å². The Morgan fingerprint density at radius 3 is 2.19 bits per heavy atom. The highest BCUT2D eigenvalue weighted by molar-refractivity contribution is 7.89. The zero-order valence-corrected chi connectivity index (χ0v) is 12.6. The fourth-order valence-corrected chi connectivity index (χ4v) is 3.33. The molecule has 0 aromatic heterocycles. The molecule has 0 radical (unpaired) electrons. The number of carbonyl (C=O) groups is 2. The first-order valence-electron chi connectivity index (χ1n) is 6.15. The number of nitrogens with one attached hydrogen (secondary N) is 1. The zero-order chi connectivity index (χ0) is 16.4. The van der Waals surface area contributed by atoms with Gasteiger partial charge in [0, 0.05) is 0 Å². The first kappa shape index (κ1) is 17.1. The predicted octanol–water partition coefficient (Wildman–Crippen LogP) is 1.08. The molecule has 0 saturated heterocycles. The van der Waals surface area contributed by atoms with Crippen molar-refractivity contribution in [2.45, 2.75) is 31.7 Å². The highest BCUT2D eigenvalue weighted by Crippen LogP contribution is 2.18. The standard InChI is InChI=1S/C13H17NO6S/c1-7(2)11(13(17)18)14-21(19,20)10-6-9(12(15)16)5-4-8(10)3/h4-7,11,14H,1-3H3,(H,15,16)(H,17,18)/t11-/m1/s1. The summed E-state index contributed by atoms with van der Waals surface area (Å²) in [6.07, 6.45) is 0. The lowest BCUT2D eigenvalue weighted by Crippen LogP contribution is -2.44. The van der Waals surface area contributed by atoms with Crippen molar-refractivity contribution < 1.29 is 28.2 Å². The van der Waals surface area contributed by atoms with Crippen molar-refractivity contribution >= 4 is 22.0 Å². The van der Waals surface area contributed by atoms with Gasteiger partial charge >= 0.3 is 11.9 Å². The lowest BCUT2D eigenvalue weighted by Gasteiger charge is -2.19. The second-order valence-electron chi connectivity index (χ2n) is 4.97. The van der Waals surface area contributed by atoms with Crippen molar-refractivity contribution in [3.8, 4) is 0 Å². The molecule has 0 saturated carbocycles. The van der Waals surface area contributed by atoms with Crippen molar-refractivity contribution in [2.24, 2.45) is 5.92 Å². The maximum absolute atomic E-state index is 12.3. The van der Waals surface area contributed by atoms with E-state index in [0.717, 1.165) is 6.07 Å². The van der Waals surface area contributed by atoms with Crippen molar-refractivity contribution in [3.05, 3.63) is 29.3 Å². The van der Waals surface area contributed by atoms with E-state index in [2.05, 4.69) is 4.72 Å². The van der Waals surface area contributed by atoms with E-state index in [0.29, 0.717) is 5.56 Å². The third kappa shape index (κ3) is 4.02. The third-order valence-electron chi connectivity index (χ3n) is 2.94. The van der Waals surface area contributed by atoms with Gasteiger partial charge in [0.25, 0.3) is 0 Å². The summed E-state index contributed by atoms with van der Waals surface area (Å²) in [7, 11) is -4.13. The van der Waals surface area contributed by atoms with Gasteiger partial charge in [0.15, 0.2) is 0 Å². The van der Waals surface area contributed by atoms with Gasteiger partial charge in [0.2, 0.25) is 10.0 Å². The Morgan fingerprint density at radius 2 is 1.76 bits per heavy atom. The number of carboxylic acid groups (broad SMARTS) is 2. The molecule has 0 spiro atoms. The minimum atomic E-state index is -4.13. The number of hydrogen-bond donors (Lipinski definition) is 3. The zero-order valence-electron chi connectivity index (χ0n) is 11.8. The van der Waals surface area contributed by atoms with Crippen LogP contribution in [0.15, 0.2) is 23.1 Å². The molecule has 1 aromatic carbocycles. The van der Waals surface area contributed by atoms with Crippen molar-refractivity contribution in [2.75, 3.05) is 0 Å². The van der Waals surface area contributed by atoms with Crippen LogP contribution >= 0.6 is 0 Å². The molecule has 0 bridgehead atoms. The van der Waals surface area contributed by atoms with E-state index in [9.17, 15) is 18.0 Å². The fourth-order valence-electron chi connectivity index (χ4n) is 1.72. The number of rotatable bonds is 6. The molecule has 8 heteroatoms. The predicted molar refractivity (Wildman–Crippen MR) is 74.7 cm³/mol. The molecule has 7 nitrogen and oxygen atoms in total. The first-order valence-corrected chi connectivity index (χ1v) is 7.63. The van der Waals surface area contributed by atoms with Crippen molar-refractivity contribution in [1.29, 1.82) is 0 Å². The number of hydrogen-bond acceptors (Lipinski definition) is 4. The Balaban J connectivity index is 3.27. The highest BCUT2D eigenvalue weighted by Gasteiger charge is 2.29. The lowest BCUT2D eigenvalue weighted by atomic mass is 10.1. The second kappa shape index (κ2) is 6.23. The van der Waals surface area contributed by atoms with Gasteiger partial charge < -0.3 is 10.2 Å². The van der Waals surface area contributed by atoms with Gasteiger partial charge in [0.05, 0.1) is 10.5 Å². The Bertz CT molecular complexity index is 665. The molecular weight excluding hydrogens is 298 g/mol. The summed E-state index contributed by atoms with van der Waals surface area (Å²) in [6.45, 7) is 4.65. The van der Waals surface area contributed by atoms with Crippen LogP contribution in [0.5, 0.6) is 0 Å².